The fourth-order valence-electron chi connectivity index (χ4n) is 4.92. The lowest BCUT2D eigenvalue weighted by molar-refractivity contribution is -0.130. The summed E-state index contributed by atoms with van der Waals surface area (Å²) in [6, 6.07) is 8.85. The summed E-state index contributed by atoms with van der Waals surface area (Å²) in [6.07, 6.45) is 5.32. The minimum Gasteiger partial charge on any atom is -0.338 e. The molecule has 0 unspecified atom stereocenters. The second-order valence-electron chi connectivity index (χ2n) is 7.53. The fourth-order valence-corrected chi connectivity index (χ4v) is 4.92. The average molecular weight is 341 g/mol. The number of likely N-dealkylation sites (tertiary alicyclic amines) is 2. The van der Waals surface area contributed by atoms with E-state index in [9.17, 15) is 9.59 Å². The van der Waals surface area contributed by atoms with Crippen molar-refractivity contribution < 1.29 is 9.59 Å². The fraction of sp³-hybridized carbons (Fsp3) is 0.600. The van der Waals surface area contributed by atoms with Gasteiger partial charge >= 0.3 is 0 Å². The lowest BCUT2D eigenvalue weighted by Gasteiger charge is -2.35. The van der Waals surface area contributed by atoms with Gasteiger partial charge in [-0.05, 0) is 50.3 Å². The summed E-state index contributed by atoms with van der Waals surface area (Å²) in [4.78, 5) is 31.2. The number of amides is 2. The number of benzene rings is 1. The van der Waals surface area contributed by atoms with E-state index in [1.165, 1.54) is 5.56 Å². The first-order chi connectivity index (χ1) is 12.1. The molecule has 0 spiro atoms. The number of hydrogen-bond acceptors (Lipinski definition) is 3. The molecule has 2 fully saturated rings. The Hall–Kier alpha value is -1.88. The first-order valence-corrected chi connectivity index (χ1v) is 9.54. The highest BCUT2D eigenvalue weighted by Gasteiger charge is 2.40. The average Bonchev–Trinajstić information content (AvgIpc) is 3.33. The van der Waals surface area contributed by atoms with E-state index in [1.807, 2.05) is 21.9 Å². The van der Waals surface area contributed by atoms with Crippen molar-refractivity contribution in [3.63, 3.8) is 0 Å². The van der Waals surface area contributed by atoms with Crippen molar-refractivity contribution in [2.45, 2.75) is 51.1 Å². The normalized spacial score (nSPS) is 26.3. The third-order valence-electron chi connectivity index (χ3n) is 6.09. The molecule has 3 heterocycles. The van der Waals surface area contributed by atoms with Crippen LogP contribution < -0.4 is 4.90 Å². The summed E-state index contributed by atoms with van der Waals surface area (Å²) in [5, 5.41) is 0. The molecule has 5 heteroatoms. The lowest BCUT2D eigenvalue weighted by Crippen LogP contribution is -2.50. The summed E-state index contributed by atoms with van der Waals surface area (Å²) in [6.45, 7) is 4.77. The van der Waals surface area contributed by atoms with E-state index in [1.54, 1.807) is 6.92 Å². The molecule has 4 rings (SSSR count). The van der Waals surface area contributed by atoms with Gasteiger partial charge in [-0.3, -0.25) is 14.5 Å². The molecule has 3 aliphatic rings. The Kier molecular flexibility index (Phi) is 4.50. The molecule has 2 amide bonds. The molecular formula is C20H27N3O2. The van der Waals surface area contributed by atoms with E-state index in [4.69, 9.17) is 0 Å². The predicted molar refractivity (Wildman–Crippen MR) is 97.5 cm³/mol. The molecule has 1 aromatic carbocycles. The van der Waals surface area contributed by atoms with Crippen LogP contribution in [0.15, 0.2) is 24.3 Å². The van der Waals surface area contributed by atoms with Crippen molar-refractivity contribution in [1.29, 1.82) is 0 Å². The molecule has 0 saturated carbocycles. The van der Waals surface area contributed by atoms with Gasteiger partial charge in [-0.15, -0.1) is 0 Å². The Morgan fingerprint density at radius 1 is 1.04 bits per heavy atom. The van der Waals surface area contributed by atoms with E-state index in [-0.39, 0.29) is 11.8 Å². The third kappa shape index (κ3) is 3.06. The number of nitrogens with zero attached hydrogens (tertiary/aromatic N) is 3. The zero-order valence-corrected chi connectivity index (χ0v) is 15.0. The Morgan fingerprint density at radius 2 is 1.80 bits per heavy atom. The number of carbonyl (C=O) groups is 2. The summed E-state index contributed by atoms with van der Waals surface area (Å²) in [7, 11) is 0. The van der Waals surface area contributed by atoms with E-state index >= 15 is 0 Å². The summed E-state index contributed by atoms with van der Waals surface area (Å²) >= 11 is 0. The van der Waals surface area contributed by atoms with Gasteiger partial charge in [-0.25, -0.2) is 0 Å². The highest BCUT2D eigenvalue weighted by molar-refractivity contribution is 5.96. The van der Waals surface area contributed by atoms with Gasteiger partial charge in [0.05, 0.1) is 6.54 Å². The topological polar surface area (TPSA) is 43.9 Å². The van der Waals surface area contributed by atoms with Crippen LogP contribution in [-0.4, -0.2) is 59.9 Å². The monoisotopic (exact) mass is 341 g/mol. The van der Waals surface area contributed by atoms with Crippen molar-refractivity contribution in [1.82, 2.24) is 9.80 Å². The van der Waals surface area contributed by atoms with Gasteiger partial charge in [-0.2, -0.15) is 0 Å². The molecule has 5 nitrogen and oxygen atoms in total. The number of anilines is 1. The summed E-state index contributed by atoms with van der Waals surface area (Å²) in [5.41, 5.74) is 2.35. The molecule has 0 N–H and O–H groups in total. The maximum absolute atomic E-state index is 12.9. The molecule has 0 aromatic heterocycles. The third-order valence-corrected chi connectivity index (χ3v) is 6.09. The first kappa shape index (κ1) is 16.6. The predicted octanol–water partition coefficient (Wildman–Crippen LogP) is 2.05. The maximum Gasteiger partial charge on any atom is 0.241 e. The lowest BCUT2D eigenvalue weighted by atomic mass is 10.0. The number of hydrogen-bond donors (Lipinski definition) is 0. The molecule has 2 atom stereocenters. The molecule has 3 aliphatic heterocycles. The minimum absolute atomic E-state index is 0.175. The Morgan fingerprint density at radius 3 is 2.64 bits per heavy atom. The van der Waals surface area contributed by atoms with Crippen LogP contribution in [0.1, 0.15) is 38.2 Å². The van der Waals surface area contributed by atoms with Gasteiger partial charge in [-0.1, -0.05) is 18.2 Å². The highest BCUT2D eigenvalue weighted by atomic mass is 16.2. The van der Waals surface area contributed by atoms with Crippen LogP contribution in [-0.2, 0) is 16.0 Å². The number of carbonyl (C=O) groups excluding carboxylic acids is 2. The molecular weight excluding hydrogens is 314 g/mol. The van der Waals surface area contributed by atoms with Gasteiger partial charge < -0.3 is 9.80 Å². The van der Waals surface area contributed by atoms with Crippen LogP contribution in [0.2, 0.25) is 0 Å². The first-order valence-electron chi connectivity index (χ1n) is 9.54. The second kappa shape index (κ2) is 6.79. The smallest absolute Gasteiger partial charge is 0.241 e. The van der Waals surface area contributed by atoms with E-state index in [0.717, 1.165) is 57.4 Å². The van der Waals surface area contributed by atoms with Crippen LogP contribution in [0.4, 0.5) is 5.69 Å². The minimum atomic E-state index is 0.175. The standard InChI is InChI=1S/C20H27N3O2/c1-15(24)22-12-5-9-19(22)18-8-4-11-21(18)14-20(25)23-13-10-16-6-2-3-7-17(16)23/h2-3,6-7,18-19H,4-5,8-14H2,1H3/t18-,19-/m0/s1. The van der Waals surface area contributed by atoms with Gasteiger partial charge in [0.2, 0.25) is 11.8 Å². The van der Waals surface area contributed by atoms with E-state index in [2.05, 4.69) is 17.0 Å². The zero-order valence-electron chi connectivity index (χ0n) is 15.0. The zero-order chi connectivity index (χ0) is 17.4. The molecule has 1 aromatic rings. The molecule has 0 bridgehead atoms. The quantitative estimate of drug-likeness (QED) is 0.845. The van der Waals surface area contributed by atoms with Crippen molar-refractivity contribution in [2.24, 2.45) is 0 Å². The van der Waals surface area contributed by atoms with Crippen LogP contribution in [0, 0.1) is 0 Å². The Bertz CT molecular complexity index is 675. The van der Waals surface area contributed by atoms with Crippen LogP contribution in [0.3, 0.4) is 0 Å². The highest BCUT2D eigenvalue weighted by Crippen LogP contribution is 2.31. The Labute approximate surface area is 149 Å². The molecule has 0 aliphatic carbocycles. The number of fused-ring (bicyclic) bond motifs is 1. The Balaban J connectivity index is 1.45. The summed E-state index contributed by atoms with van der Waals surface area (Å²) < 4.78 is 0. The summed E-state index contributed by atoms with van der Waals surface area (Å²) in [5.74, 6) is 0.373. The van der Waals surface area contributed by atoms with Gasteiger partial charge in [0.25, 0.3) is 0 Å². The molecule has 0 radical (unpaired) electrons. The SMILES string of the molecule is CC(=O)N1CCC[C@H]1[C@@H]1CCCN1CC(=O)N1CCc2ccccc21. The van der Waals surface area contributed by atoms with Gasteiger partial charge in [0.15, 0.2) is 0 Å². The second-order valence-corrected chi connectivity index (χ2v) is 7.53. The van der Waals surface area contributed by atoms with Crippen molar-refractivity contribution in [3.8, 4) is 0 Å². The maximum atomic E-state index is 12.9. The van der Waals surface area contributed by atoms with Crippen LogP contribution in [0.5, 0.6) is 0 Å². The molecule has 2 saturated heterocycles. The van der Waals surface area contributed by atoms with Crippen LogP contribution in [0.25, 0.3) is 0 Å². The largest absolute Gasteiger partial charge is 0.338 e. The molecule has 134 valence electrons. The van der Waals surface area contributed by atoms with Crippen molar-refractivity contribution >= 4 is 17.5 Å². The van der Waals surface area contributed by atoms with Gasteiger partial charge in [0, 0.05) is 37.8 Å². The van der Waals surface area contributed by atoms with Crippen molar-refractivity contribution in [3.05, 3.63) is 29.8 Å². The van der Waals surface area contributed by atoms with E-state index in [0.29, 0.717) is 18.6 Å². The van der Waals surface area contributed by atoms with Crippen LogP contribution >= 0.6 is 0 Å². The van der Waals surface area contributed by atoms with Crippen molar-refractivity contribution in [2.75, 3.05) is 31.1 Å². The van der Waals surface area contributed by atoms with Gasteiger partial charge in [0.1, 0.15) is 0 Å². The molecule has 25 heavy (non-hydrogen) atoms. The number of para-hydroxylation sites is 1. The van der Waals surface area contributed by atoms with E-state index < -0.39 is 0 Å². The number of rotatable bonds is 3.